The van der Waals surface area contributed by atoms with E-state index in [1.165, 1.54) is 16.6 Å². The van der Waals surface area contributed by atoms with E-state index in [-0.39, 0.29) is 0 Å². The molecule has 0 aliphatic carbocycles. The van der Waals surface area contributed by atoms with E-state index in [1.807, 2.05) is 0 Å². The molecule has 2 heteroatoms. The first-order valence-electron chi connectivity index (χ1n) is 4.04. The van der Waals surface area contributed by atoms with Crippen molar-refractivity contribution in [2.24, 2.45) is 0 Å². The van der Waals surface area contributed by atoms with E-state index in [1.54, 1.807) is 0 Å². The molecule has 0 nitrogen and oxygen atoms in total. The van der Waals surface area contributed by atoms with Gasteiger partial charge in [0.15, 0.2) is 0 Å². The van der Waals surface area contributed by atoms with Crippen LogP contribution in [0.15, 0.2) is 24.3 Å². The summed E-state index contributed by atoms with van der Waals surface area (Å²) in [5.41, 5.74) is 1.42. The second-order valence-electron chi connectivity index (χ2n) is 2.74. The molecule has 0 aliphatic rings. The number of hydrogen-bond acceptors (Lipinski definition) is 0. The maximum atomic E-state index is 4.11. The van der Waals surface area contributed by atoms with E-state index in [0.717, 1.165) is 5.75 Å². The van der Waals surface area contributed by atoms with Crippen LogP contribution >= 0.6 is 19.7 Å². The molecule has 2 unspecified atom stereocenters. The lowest BCUT2D eigenvalue weighted by molar-refractivity contribution is 1.42. The van der Waals surface area contributed by atoms with Gasteiger partial charge in [0.05, 0.1) is 0 Å². The van der Waals surface area contributed by atoms with E-state index < -0.39 is 0 Å². The van der Waals surface area contributed by atoms with Gasteiger partial charge in [-0.25, -0.2) is 0 Å². The molecule has 1 rings (SSSR count). The fourth-order valence-electron chi connectivity index (χ4n) is 0.988. The van der Waals surface area contributed by atoms with Gasteiger partial charge >= 0.3 is 0 Å². The predicted octanol–water partition coefficient (Wildman–Crippen LogP) is 2.41. The normalized spacial score (nSPS) is 12.8. The van der Waals surface area contributed by atoms with E-state index in [2.05, 4.69) is 46.3 Å². The predicted molar refractivity (Wildman–Crippen MR) is 64.7 cm³/mol. The van der Waals surface area contributed by atoms with Crippen molar-refractivity contribution in [1.82, 2.24) is 0 Å². The molecule has 0 bridgehead atoms. The van der Waals surface area contributed by atoms with Crippen LogP contribution in [0.25, 0.3) is 0 Å². The van der Waals surface area contributed by atoms with Gasteiger partial charge in [0.25, 0.3) is 0 Å². The Labute approximate surface area is 79.5 Å². The fraction of sp³-hybridized carbons (Fsp3) is 0.300. The van der Waals surface area contributed by atoms with E-state index in [9.17, 15) is 0 Å². The highest BCUT2D eigenvalue weighted by atomic mass is 32.2. The minimum atomic E-state index is 0.298. The van der Waals surface area contributed by atoms with Crippen LogP contribution in [0.3, 0.4) is 0 Å². The van der Waals surface area contributed by atoms with Crippen molar-refractivity contribution in [1.29, 1.82) is 0 Å². The Balaban J connectivity index is 2.75. The zero-order valence-corrected chi connectivity index (χ0v) is 9.39. The van der Waals surface area contributed by atoms with E-state index >= 15 is 0 Å². The standard InChI is InChI=1S/C10H15PS/c1-3-12(2)8-9-6-4-5-7-10(9)11/h4-7H,2-3,8,11H2,1H3. The zero-order valence-electron chi connectivity index (χ0n) is 7.42. The smallest absolute Gasteiger partial charge is 0.0135 e. The van der Waals surface area contributed by atoms with Crippen LogP contribution in [0.2, 0.25) is 0 Å². The second kappa shape index (κ2) is 4.79. The van der Waals surface area contributed by atoms with E-state index in [4.69, 9.17) is 0 Å². The zero-order chi connectivity index (χ0) is 8.97. The molecule has 1 aromatic rings. The molecular formula is C10H15PS. The minimum Gasteiger partial charge on any atom is -0.189 e. The van der Waals surface area contributed by atoms with Gasteiger partial charge in [-0.15, -0.1) is 9.24 Å². The molecule has 0 spiro atoms. The second-order valence-corrected chi connectivity index (χ2v) is 5.46. The average Bonchev–Trinajstić information content (AvgIpc) is 2.09. The highest BCUT2D eigenvalue weighted by Crippen LogP contribution is 2.16. The monoisotopic (exact) mass is 198 g/mol. The molecule has 66 valence electrons. The maximum Gasteiger partial charge on any atom is 0.0135 e. The first-order chi connectivity index (χ1) is 5.74. The summed E-state index contributed by atoms with van der Waals surface area (Å²) in [6, 6.07) is 8.48. The Morgan fingerprint density at radius 3 is 2.67 bits per heavy atom. The lowest BCUT2D eigenvalue weighted by Gasteiger charge is -2.06. The first kappa shape index (κ1) is 9.95. The third-order valence-electron chi connectivity index (χ3n) is 1.82. The summed E-state index contributed by atoms with van der Waals surface area (Å²) in [5, 5.41) is 1.31. The number of rotatable bonds is 3. The maximum absolute atomic E-state index is 4.11. The molecule has 12 heavy (non-hydrogen) atoms. The molecule has 0 amide bonds. The van der Waals surface area contributed by atoms with E-state index in [0.29, 0.717) is 10.5 Å². The third-order valence-corrected chi connectivity index (χ3v) is 3.92. The van der Waals surface area contributed by atoms with Gasteiger partial charge in [-0.2, -0.15) is 10.5 Å². The largest absolute Gasteiger partial charge is 0.189 e. The molecule has 2 atom stereocenters. The first-order valence-corrected chi connectivity index (χ1v) is 6.35. The van der Waals surface area contributed by atoms with Gasteiger partial charge < -0.3 is 0 Å². The number of benzene rings is 1. The molecule has 0 saturated carbocycles. The Hall–Kier alpha value is -0.130. The average molecular weight is 198 g/mol. The third kappa shape index (κ3) is 2.73. The van der Waals surface area contributed by atoms with Crippen LogP contribution in [0.1, 0.15) is 12.5 Å². The van der Waals surface area contributed by atoms with Gasteiger partial charge in [-0.3, -0.25) is 0 Å². The van der Waals surface area contributed by atoms with Crippen molar-refractivity contribution in [3.05, 3.63) is 29.8 Å². The summed E-state index contributed by atoms with van der Waals surface area (Å²) in [6.45, 7) is 2.20. The van der Waals surface area contributed by atoms with Crippen molar-refractivity contribution in [3.8, 4) is 0 Å². The summed E-state index contributed by atoms with van der Waals surface area (Å²) in [5.74, 6) is 6.41. The van der Waals surface area contributed by atoms with Crippen molar-refractivity contribution in [2.75, 3.05) is 5.75 Å². The van der Waals surface area contributed by atoms with Gasteiger partial charge in [0.2, 0.25) is 0 Å². The Bertz CT molecular complexity index is 281. The molecule has 0 radical (unpaired) electrons. The number of hydrogen-bond donors (Lipinski definition) is 0. The summed E-state index contributed by atoms with van der Waals surface area (Å²) in [6.07, 6.45) is 0. The summed E-state index contributed by atoms with van der Waals surface area (Å²) in [7, 11) is 3.07. The van der Waals surface area contributed by atoms with Crippen LogP contribution < -0.4 is 5.30 Å². The van der Waals surface area contributed by atoms with Crippen molar-refractivity contribution < 1.29 is 0 Å². The van der Waals surface area contributed by atoms with Gasteiger partial charge in [-0.05, 0) is 16.6 Å². The highest BCUT2D eigenvalue weighted by Gasteiger charge is 1.96. The van der Waals surface area contributed by atoms with Gasteiger partial charge in [0, 0.05) is 5.75 Å². The topological polar surface area (TPSA) is 0 Å². The molecule has 0 saturated heterocycles. The van der Waals surface area contributed by atoms with Crippen molar-refractivity contribution in [3.63, 3.8) is 0 Å². The summed E-state index contributed by atoms with van der Waals surface area (Å²) < 4.78 is 0. The Kier molecular flexibility index (Phi) is 3.97. The SMILES string of the molecule is C=S(CC)Cc1ccccc1P. The Morgan fingerprint density at radius 2 is 2.08 bits per heavy atom. The van der Waals surface area contributed by atoms with Crippen molar-refractivity contribution in [2.45, 2.75) is 12.7 Å². The molecule has 1 aromatic carbocycles. The van der Waals surface area contributed by atoms with Gasteiger partial charge in [0.1, 0.15) is 0 Å². The van der Waals surface area contributed by atoms with Gasteiger partial charge in [-0.1, -0.05) is 37.1 Å². The molecule has 0 N–H and O–H groups in total. The Morgan fingerprint density at radius 1 is 1.42 bits per heavy atom. The summed E-state index contributed by atoms with van der Waals surface area (Å²) >= 11 is 0. The molecular weight excluding hydrogens is 183 g/mol. The summed E-state index contributed by atoms with van der Waals surface area (Å²) in [4.78, 5) is 0. The quantitative estimate of drug-likeness (QED) is 0.517. The lowest BCUT2D eigenvalue weighted by atomic mass is 10.2. The molecule has 0 fully saturated rings. The lowest BCUT2D eigenvalue weighted by Crippen LogP contribution is -1.99. The minimum absolute atomic E-state index is 0.298. The van der Waals surface area contributed by atoms with Crippen molar-refractivity contribution >= 4 is 30.9 Å². The van der Waals surface area contributed by atoms with Crippen LogP contribution in [0.4, 0.5) is 0 Å². The fourth-order valence-corrected chi connectivity index (χ4v) is 2.35. The van der Waals surface area contributed by atoms with Crippen LogP contribution in [0, 0.1) is 0 Å². The highest BCUT2D eigenvalue weighted by molar-refractivity contribution is 8.13. The van der Waals surface area contributed by atoms with Crippen LogP contribution in [-0.2, 0) is 5.75 Å². The van der Waals surface area contributed by atoms with Crippen LogP contribution in [-0.4, -0.2) is 11.6 Å². The molecule has 0 heterocycles. The molecule has 0 aliphatic heterocycles. The molecule has 0 aromatic heterocycles. The van der Waals surface area contributed by atoms with Crippen LogP contribution in [0.5, 0.6) is 0 Å².